The zero-order valence-electron chi connectivity index (χ0n) is 18.3. The van der Waals surface area contributed by atoms with Gasteiger partial charge in [-0.3, -0.25) is 15.0 Å². The Balaban J connectivity index is 1.44. The van der Waals surface area contributed by atoms with Crippen molar-refractivity contribution >= 4 is 52.3 Å². The highest BCUT2D eigenvalue weighted by Crippen LogP contribution is 2.33. The summed E-state index contributed by atoms with van der Waals surface area (Å²) in [6.45, 7) is 2.26. The van der Waals surface area contributed by atoms with Crippen LogP contribution in [0.3, 0.4) is 0 Å². The van der Waals surface area contributed by atoms with E-state index >= 15 is 0 Å². The van der Waals surface area contributed by atoms with E-state index < -0.39 is 6.17 Å². The molecule has 2 amide bonds. The van der Waals surface area contributed by atoms with Crippen LogP contribution in [0.15, 0.2) is 60.7 Å². The van der Waals surface area contributed by atoms with E-state index in [9.17, 15) is 9.59 Å². The molecule has 1 aliphatic rings. The lowest BCUT2D eigenvalue weighted by atomic mass is 10.0. The normalized spacial score (nSPS) is 14.9. The van der Waals surface area contributed by atoms with Crippen molar-refractivity contribution in [1.29, 1.82) is 0 Å². The fourth-order valence-corrected chi connectivity index (χ4v) is 4.21. The van der Waals surface area contributed by atoms with E-state index in [-0.39, 0.29) is 24.8 Å². The predicted molar refractivity (Wildman–Crippen MR) is 134 cm³/mol. The molecule has 0 saturated carbocycles. The van der Waals surface area contributed by atoms with Gasteiger partial charge in [0.2, 0.25) is 5.91 Å². The Morgan fingerprint density at radius 1 is 1.03 bits per heavy atom. The minimum atomic E-state index is -0.574. The van der Waals surface area contributed by atoms with Gasteiger partial charge >= 0.3 is 0 Å². The fraction of sp³-hybridized carbons (Fsp3) is 0.200. The van der Waals surface area contributed by atoms with E-state index in [2.05, 4.69) is 10.7 Å². The van der Waals surface area contributed by atoms with Crippen molar-refractivity contribution in [3.63, 3.8) is 0 Å². The van der Waals surface area contributed by atoms with Crippen molar-refractivity contribution < 1.29 is 14.3 Å². The molecule has 1 unspecified atom stereocenters. The number of amides is 2. The summed E-state index contributed by atoms with van der Waals surface area (Å²) in [6.07, 6.45) is 0.00502. The van der Waals surface area contributed by atoms with Crippen LogP contribution >= 0.6 is 34.8 Å². The van der Waals surface area contributed by atoms with E-state index in [0.29, 0.717) is 38.5 Å². The quantitative estimate of drug-likeness (QED) is 0.355. The molecule has 2 N–H and O–H groups in total. The Labute approximate surface area is 212 Å². The third-order valence-electron chi connectivity index (χ3n) is 5.32. The Bertz CT molecular complexity index is 1220. The average Bonchev–Trinajstić information content (AvgIpc) is 2.80. The van der Waals surface area contributed by atoms with Crippen molar-refractivity contribution in [1.82, 2.24) is 10.4 Å². The molecule has 1 atom stereocenters. The molecule has 4 rings (SSSR count). The molecule has 3 aromatic rings. The number of anilines is 1. The van der Waals surface area contributed by atoms with E-state index in [4.69, 9.17) is 39.5 Å². The van der Waals surface area contributed by atoms with E-state index in [0.717, 1.165) is 11.1 Å². The highest BCUT2D eigenvalue weighted by Gasteiger charge is 2.34. The number of benzene rings is 3. The minimum Gasteiger partial charge on any atom is -0.492 e. The van der Waals surface area contributed by atoms with Crippen molar-refractivity contribution in [3.8, 4) is 5.75 Å². The highest BCUT2D eigenvalue weighted by atomic mass is 35.5. The molecular weight excluding hydrogens is 497 g/mol. The molecule has 0 saturated heterocycles. The first-order valence-corrected chi connectivity index (χ1v) is 11.8. The largest absolute Gasteiger partial charge is 0.492 e. The van der Waals surface area contributed by atoms with Crippen LogP contribution in [0.5, 0.6) is 5.75 Å². The average molecular weight is 519 g/mol. The summed E-state index contributed by atoms with van der Waals surface area (Å²) in [7, 11) is 0. The zero-order chi connectivity index (χ0) is 24.2. The van der Waals surface area contributed by atoms with Gasteiger partial charge in [0, 0.05) is 22.2 Å². The zero-order valence-corrected chi connectivity index (χ0v) is 20.5. The van der Waals surface area contributed by atoms with Crippen LogP contribution in [0.25, 0.3) is 0 Å². The summed E-state index contributed by atoms with van der Waals surface area (Å²) < 4.78 is 5.64. The van der Waals surface area contributed by atoms with Gasteiger partial charge in [0.05, 0.1) is 17.2 Å². The van der Waals surface area contributed by atoms with Crippen LogP contribution in [-0.2, 0) is 4.79 Å². The molecule has 0 spiro atoms. The highest BCUT2D eigenvalue weighted by molar-refractivity contribution is 6.35. The van der Waals surface area contributed by atoms with Gasteiger partial charge in [-0.2, -0.15) is 0 Å². The van der Waals surface area contributed by atoms with Crippen molar-refractivity contribution in [2.24, 2.45) is 0 Å². The van der Waals surface area contributed by atoms with Gasteiger partial charge in [0.1, 0.15) is 11.9 Å². The lowest BCUT2D eigenvalue weighted by molar-refractivity contribution is -0.126. The number of nitrogens with zero attached hydrogens (tertiary/aromatic N) is 1. The number of ether oxygens (including phenoxy) is 1. The number of carbonyl (C=O) groups excluding carboxylic acids is 2. The first-order valence-electron chi connectivity index (χ1n) is 10.7. The smallest absolute Gasteiger partial charge is 0.276 e. The second kappa shape index (κ2) is 10.6. The van der Waals surface area contributed by atoms with E-state index in [1.165, 1.54) is 5.01 Å². The summed E-state index contributed by atoms with van der Waals surface area (Å²) in [5.41, 5.74) is 5.71. The van der Waals surface area contributed by atoms with Crippen LogP contribution in [-0.4, -0.2) is 23.4 Å². The number of carbonyl (C=O) groups is 2. The number of hydrazine groups is 1. The molecule has 0 aliphatic carbocycles. The standard InChI is InChI=1S/C25H22Cl3N3O3/c1-15-4-6-16(7-5-15)24-29-21-10-8-17(26)13-19(21)25(33)31(24)30-23(32)3-2-12-34-22-11-9-18(27)14-20(22)28/h4-11,13-14,24,29H,2-3,12H2,1H3,(H,30,32). The third-order valence-corrected chi connectivity index (χ3v) is 6.08. The summed E-state index contributed by atoms with van der Waals surface area (Å²) in [5.74, 6) is -0.169. The molecule has 0 bridgehead atoms. The predicted octanol–water partition coefficient (Wildman–Crippen LogP) is 6.41. The monoisotopic (exact) mass is 517 g/mol. The molecule has 1 heterocycles. The fourth-order valence-electron chi connectivity index (χ4n) is 3.57. The van der Waals surface area contributed by atoms with Crippen LogP contribution in [0.4, 0.5) is 5.69 Å². The van der Waals surface area contributed by atoms with Gasteiger partial charge < -0.3 is 10.1 Å². The molecule has 9 heteroatoms. The Kier molecular flexibility index (Phi) is 7.51. The Hall–Kier alpha value is -2.93. The second-order valence-electron chi connectivity index (χ2n) is 7.88. The van der Waals surface area contributed by atoms with Crippen LogP contribution in [0.1, 0.15) is 40.5 Å². The SMILES string of the molecule is Cc1ccc(C2Nc3ccc(Cl)cc3C(=O)N2NC(=O)CCCOc2ccc(Cl)cc2Cl)cc1. The summed E-state index contributed by atoms with van der Waals surface area (Å²) in [6, 6.07) is 17.8. The number of halogens is 3. The Morgan fingerprint density at radius 3 is 2.47 bits per heavy atom. The van der Waals surface area contributed by atoms with Gasteiger partial charge in [-0.05, 0) is 55.3 Å². The van der Waals surface area contributed by atoms with Gasteiger partial charge in [0.25, 0.3) is 5.91 Å². The number of hydrogen-bond acceptors (Lipinski definition) is 4. The van der Waals surface area contributed by atoms with Gasteiger partial charge in [-0.1, -0.05) is 64.6 Å². The number of aryl methyl sites for hydroxylation is 1. The van der Waals surface area contributed by atoms with Crippen LogP contribution < -0.4 is 15.5 Å². The van der Waals surface area contributed by atoms with Crippen molar-refractivity contribution in [2.45, 2.75) is 25.9 Å². The van der Waals surface area contributed by atoms with Gasteiger partial charge in [-0.25, -0.2) is 5.01 Å². The molecule has 0 fully saturated rings. The summed E-state index contributed by atoms with van der Waals surface area (Å²) in [4.78, 5) is 26.0. The number of rotatable bonds is 7. The molecule has 1 aliphatic heterocycles. The third kappa shape index (κ3) is 5.58. The van der Waals surface area contributed by atoms with Gasteiger partial charge in [-0.15, -0.1) is 0 Å². The number of fused-ring (bicyclic) bond motifs is 1. The first-order chi connectivity index (χ1) is 16.3. The maximum Gasteiger partial charge on any atom is 0.276 e. The van der Waals surface area contributed by atoms with Crippen LogP contribution in [0, 0.1) is 6.92 Å². The second-order valence-corrected chi connectivity index (χ2v) is 9.16. The van der Waals surface area contributed by atoms with Crippen LogP contribution in [0.2, 0.25) is 15.1 Å². The minimum absolute atomic E-state index is 0.151. The van der Waals surface area contributed by atoms with E-state index in [1.54, 1.807) is 36.4 Å². The van der Waals surface area contributed by atoms with E-state index in [1.807, 2.05) is 31.2 Å². The van der Waals surface area contributed by atoms with Crippen molar-refractivity contribution in [2.75, 3.05) is 11.9 Å². The molecule has 0 aromatic heterocycles. The van der Waals surface area contributed by atoms with Gasteiger partial charge in [0.15, 0.2) is 0 Å². The Morgan fingerprint density at radius 2 is 1.74 bits per heavy atom. The number of hydrogen-bond donors (Lipinski definition) is 2. The number of nitrogens with one attached hydrogen (secondary N) is 2. The molecule has 6 nitrogen and oxygen atoms in total. The molecule has 3 aromatic carbocycles. The molecule has 176 valence electrons. The summed E-state index contributed by atoms with van der Waals surface area (Å²) >= 11 is 18.1. The topological polar surface area (TPSA) is 70.7 Å². The lowest BCUT2D eigenvalue weighted by Crippen LogP contribution is -2.52. The maximum atomic E-state index is 13.3. The van der Waals surface area contributed by atoms with Crippen molar-refractivity contribution in [3.05, 3.63) is 92.4 Å². The maximum absolute atomic E-state index is 13.3. The first kappa shape index (κ1) is 24.2. The lowest BCUT2D eigenvalue weighted by Gasteiger charge is -2.38. The molecule has 34 heavy (non-hydrogen) atoms. The summed E-state index contributed by atoms with van der Waals surface area (Å²) in [5, 5.41) is 5.99. The molecular formula is C25H22Cl3N3O3. The molecule has 0 radical (unpaired) electrons.